The van der Waals surface area contributed by atoms with Gasteiger partial charge in [0.1, 0.15) is 0 Å². The molecule has 0 saturated carbocycles. The number of hydrogen-bond donors (Lipinski definition) is 1. The van der Waals surface area contributed by atoms with Gasteiger partial charge in [0, 0.05) is 18.9 Å². The Balaban J connectivity index is 2.21. The van der Waals surface area contributed by atoms with E-state index in [0.29, 0.717) is 5.92 Å². The minimum Gasteiger partial charge on any atom is -0.316 e. The third-order valence-corrected chi connectivity index (χ3v) is 2.09. The van der Waals surface area contributed by atoms with Crippen molar-refractivity contribution < 1.29 is 0 Å². The third-order valence-electron chi connectivity index (χ3n) is 2.09. The van der Waals surface area contributed by atoms with E-state index in [-0.39, 0.29) is 5.69 Å². The number of aryl methyl sites for hydroxylation is 1. The topological polar surface area (TPSA) is 46.9 Å². The second-order valence-electron chi connectivity index (χ2n) is 4.05. The Morgan fingerprint density at radius 1 is 1.53 bits per heavy atom. The molecule has 0 spiro atoms. The molecule has 15 heavy (non-hydrogen) atoms. The van der Waals surface area contributed by atoms with Crippen molar-refractivity contribution in [2.75, 3.05) is 13.1 Å². The fourth-order valence-corrected chi connectivity index (χ4v) is 1.32. The van der Waals surface area contributed by atoms with E-state index >= 15 is 0 Å². The van der Waals surface area contributed by atoms with Crippen molar-refractivity contribution in [1.82, 2.24) is 14.9 Å². The van der Waals surface area contributed by atoms with Crippen molar-refractivity contribution in [2.45, 2.75) is 26.8 Å². The Morgan fingerprint density at radius 3 is 3.00 bits per heavy atom. The van der Waals surface area contributed by atoms with Crippen LogP contribution < -0.4 is 11.0 Å². The second kappa shape index (κ2) is 6.35. The van der Waals surface area contributed by atoms with Gasteiger partial charge in [-0.05, 0) is 31.5 Å². The van der Waals surface area contributed by atoms with Crippen LogP contribution in [-0.2, 0) is 6.54 Å². The minimum atomic E-state index is -0.165. The lowest BCUT2D eigenvalue weighted by molar-refractivity contribution is 0.515. The molecule has 0 atom stereocenters. The molecule has 0 aliphatic heterocycles. The Kier molecular flexibility index (Phi) is 5.04. The van der Waals surface area contributed by atoms with Crippen LogP contribution in [-0.4, -0.2) is 22.6 Å². The first-order chi connectivity index (χ1) is 7.20. The van der Waals surface area contributed by atoms with Gasteiger partial charge in [-0.3, -0.25) is 4.57 Å². The first-order valence-corrected chi connectivity index (χ1v) is 5.42. The molecular formula is C11H19N3O. The molecule has 0 radical (unpaired) electrons. The zero-order valence-corrected chi connectivity index (χ0v) is 9.44. The van der Waals surface area contributed by atoms with Crippen molar-refractivity contribution in [3.8, 4) is 0 Å². The highest BCUT2D eigenvalue weighted by molar-refractivity contribution is 4.80. The highest BCUT2D eigenvalue weighted by atomic mass is 16.1. The van der Waals surface area contributed by atoms with Gasteiger partial charge in [0.25, 0.3) is 0 Å². The predicted octanol–water partition coefficient (Wildman–Crippen LogP) is 0.879. The van der Waals surface area contributed by atoms with Gasteiger partial charge in [0.2, 0.25) is 0 Å². The zero-order valence-electron chi connectivity index (χ0n) is 9.44. The van der Waals surface area contributed by atoms with Gasteiger partial charge in [-0.15, -0.1) is 0 Å². The van der Waals surface area contributed by atoms with Crippen LogP contribution in [0, 0.1) is 5.92 Å². The maximum atomic E-state index is 11.2. The predicted molar refractivity (Wildman–Crippen MR) is 60.8 cm³/mol. The largest absolute Gasteiger partial charge is 0.347 e. The third kappa shape index (κ3) is 4.74. The molecule has 0 unspecified atom stereocenters. The lowest BCUT2D eigenvalue weighted by Crippen LogP contribution is -2.25. The van der Waals surface area contributed by atoms with Crippen LogP contribution in [0.3, 0.4) is 0 Å². The summed E-state index contributed by atoms with van der Waals surface area (Å²) in [4.78, 5) is 14.9. The van der Waals surface area contributed by atoms with Gasteiger partial charge in [0.05, 0.1) is 0 Å². The summed E-state index contributed by atoms with van der Waals surface area (Å²) < 4.78 is 1.64. The summed E-state index contributed by atoms with van der Waals surface area (Å²) in [5, 5.41) is 3.34. The van der Waals surface area contributed by atoms with E-state index in [2.05, 4.69) is 24.1 Å². The number of aromatic nitrogens is 2. The van der Waals surface area contributed by atoms with Gasteiger partial charge in [0.15, 0.2) is 0 Å². The van der Waals surface area contributed by atoms with Gasteiger partial charge in [-0.25, -0.2) is 9.78 Å². The Hall–Kier alpha value is -1.16. The highest BCUT2D eigenvalue weighted by Crippen LogP contribution is 1.88. The van der Waals surface area contributed by atoms with E-state index in [1.807, 2.05) is 0 Å². The molecule has 0 saturated heterocycles. The van der Waals surface area contributed by atoms with Crippen LogP contribution in [0.4, 0.5) is 0 Å². The van der Waals surface area contributed by atoms with E-state index in [4.69, 9.17) is 0 Å². The maximum Gasteiger partial charge on any atom is 0.347 e. The van der Waals surface area contributed by atoms with Crippen molar-refractivity contribution in [3.63, 3.8) is 0 Å². The molecule has 4 heteroatoms. The second-order valence-corrected chi connectivity index (χ2v) is 4.05. The number of rotatable bonds is 6. The Labute approximate surface area is 90.3 Å². The van der Waals surface area contributed by atoms with Crippen LogP contribution >= 0.6 is 0 Å². The molecule has 0 fully saturated rings. The van der Waals surface area contributed by atoms with Crippen LogP contribution in [0.25, 0.3) is 0 Å². The van der Waals surface area contributed by atoms with Crippen LogP contribution in [0.15, 0.2) is 23.3 Å². The molecule has 0 bridgehead atoms. The Bertz CT molecular complexity index is 333. The minimum absolute atomic E-state index is 0.165. The molecule has 0 aliphatic rings. The summed E-state index contributed by atoms with van der Waals surface area (Å²) >= 11 is 0. The monoisotopic (exact) mass is 209 g/mol. The summed E-state index contributed by atoms with van der Waals surface area (Å²) in [5.74, 6) is 0.672. The number of nitrogens with one attached hydrogen (secondary N) is 1. The lowest BCUT2D eigenvalue weighted by atomic mass is 10.2. The van der Waals surface area contributed by atoms with Crippen molar-refractivity contribution >= 4 is 0 Å². The van der Waals surface area contributed by atoms with E-state index in [1.165, 1.54) is 6.20 Å². The molecule has 0 amide bonds. The molecule has 0 aliphatic carbocycles. The molecule has 0 aromatic carbocycles. The Morgan fingerprint density at radius 2 is 2.33 bits per heavy atom. The first-order valence-electron chi connectivity index (χ1n) is 5.42. The first kappa shape index (κ1) is 11.9. The van der Waals surface area contributed by atoms with Crippen LogP contribution in [0.2, 0.25) is 0 Å². The van der Waals surface area contributed by atoms with Crippen molar-refractivity contribution in [3.05, 3.63) is 28.9 Å². The number of nitrogens with zero attached hydrogens (tertiary/aromatic N) is 2. The number of hydrogen-bond acceptors (Lipinski definition) is 3. The normalized spacial score (nSPS) is 10.9. The van der Waals surface area contributed by atoms with E-state index < -0.39 is 0 Å². The molecule has 1 rings (SSSR count). The van der Waals surface area contributed by atoms with Gasteiger partial charge >= 0.3 is 5.69 Å². The summed E-state index contributed by atoms with van der Waals surface area (Å²) in [7, 11) is 0. The van der Waals surface area contributed by atoms with E-state index in [1.54, 1.807) is 16.8 Å². The standard InChI is InChI=1S/C11H19N3O/c1-10(2)9-12-5-3-7-14-8-4-6-13-11(14)15/h4,6,8,10,12H,3,5,7,9H2,1-2H3. The van der Waals surface area contributed by atoms with E-state index in [0.717, 1.165) is 26.1 Å². The zero-order chi connectivity index (χ0) is 11.1. The van der Waals surface area contributed by atoms with Crippen molar-refractivity contribution in [2.24, 2.45) is 5.92 Å². The molecule has 1 aromatic heterocycles. The maximum absolute atomic E-state index is 11.2. The quantitative estimate of drug-likeness (QED) is 0.707. The smallest absolute Gasteiger partial charge is 0.316 e. The highest BCUT2D eigenvalue weighted by Gasteiger charge is 1.95. The fourth-order valence-electron chi connectivity index (χ4n) is 1.32. The fraction of sp³-hybridized carbons (Fsp3) is 0.636. The van der Waals surface area contributed by atoms with E-state index in [9.17, 15) is 4.79 Å². The molecule has 4 nitrogen and oxygen atoms in total. The van der Waals surface area contributed by atoms with Gasteiger partial charge in [-0.1, -0.05) is 13.8 Å². The molecular weight excluding hydrogens is 190 g/mol. The molecule has 1 N–H and O–H groups in total. The molecule has 84 valence electrons. The van der Waals surface area contributed by atoms with Gasteiger partial charge in [-0.2, -0.15) is 0 Å². The average molecular weight is 209 g/mol. The van der Waals surface area contributed by atoms with Crippen LogP contribution in [0.1, 0.15) is 20.3 Å². The lowest BCUT2D eigenvalue weighted by Gasteiger charge is -2.07. The molecule has 1 heterocycles. The summed E-state index contributed by atoms with van der Waals surface area (Å²) in [6.45, 7) is 7.07. The van der Waals surface area contributed by atoms with Crippen LogP contribution in [0.5, 0.6) is 0 Å². The van der Waals surface area contributed by atoms with Gasteiger partial charge < -0.3 is 5.32 Å². The van der Waals surface area contributed by atoms with Crippen molar-refractivity contribution in [1.29, 1.82) is 0 Å². The molecule has 1 aromatic rings. The average Bonchev–Trinajstić information content (AvgIpc) is 2.20. The summed E-state index contributed by atoms with van der Waals surface area (Å²) in [6, 6.07) is 1.78. The summed E-state index contributed by atoms with van der Waals surface area (Å²) in [6.07, 6.45) is 4.26. The SMILES string of the molecule is CC(C)CNCCCn1cccnc1=O. The summed E-state index contributed by atoms with van der Waals surface area (Å²) in [5.41, 5.74) is -0.165.